The lowest BCUT2D eigenvalue weighted by Gasteiger charge is -2.15. The van der Waals surface area contributed by atoms with Crippen LogP contribution in [0.15, 0.2) is 18.2 Å². The molecule has 3 nitrogen and oxygen atoms in total. The van der Waals surface area contributed by atoms with E-state index in [2.05, 4.69) is 5.32 Å². The van der Waals surface area contributed by atoms with Gasteiger partial charge in [0.25, 0.3) is 0 Å². The van der Waals surface area contributed by atoms with E-state index in [0.29, 0.717) is 28.5 Å². The number of carbonyl (C=O) groups is 2. The minimum atomic E-state index is -0.473. The first-order valence-electron chi connectivity index (χ1n) is 5.86. The smallest absolute Gasteiger partial charge is 0.220 e. The number of nitrogens with one attached hydrogen (secondary N) is 1. The number of benzene rings is 1. The summed E-state index contributed by atoms with van der Waals surface area (Å²) in [5, 5.41) is 3.55. The van der Waals surface area contributed by atoms with Crippen LogP contribution in [0.2, 0.25) is 10.0 Å². The van der Waals surface area contributed by atoms with Crippen molar-refractivity contribution in [3.8, 4) is 0 Å². The average molecular weight is 286 g/mol. The minimum absolute atomic E-state index is 0.0732. The quantitative estimate of drug-likeness (QED) is 0.848. The molecule has 1 aliphatic rings. The van der Waals surface area contributed by atoms with Gasteiger partial charge in [0.2, 0.25) is 5.91 Å². The number of ketones is 1. The molecular weight excluding hydrogens is 273 g/mol. The van der Waals surface area contributed by atoms with E-state index in [1.807, 2.05) is 0 Å². The van der Waals surface area contributed by atoms with E-state index >= 15 is 0 Å². The standard InChI is InChI=1S/C13H13Cl2NO2/c14-8-5-6-9(10(15)7-8)13(18)11-3-1-2-4-12(17)16-11/h5-7,11H,1-4H2,(H,16,17). The van der Waals surface area contributed by atoms with Gasteiger partial charge >= 0.3 is 0 Å². The van der Waals surface area contributed by atoms with E-state index in [-0.39, 0.29) is 11.7 Å². The van der Waals surface area contributed by atoms with Gasteiger partial charge in [-0.3, -0.25) is 9.59 Å². The van der Waals surface area contributed by atoms with Crippen LogP contribution in [-0.2, 0) is 4.79 Å². The Morgan fingerprint density at radius 3 is 2.78 bits per heavy atom. The lowest BCUT2D eigenvalue weighted by molar-refractivity contribution is -0.121. The van der Waals surface area contributed by atoms with E-state index in [1.165, 1.54) is 6.07 Å². The van der Waals surface area contributed by atoms with Crippen molar-refractivity contribution in [3.05, 3.63) is 33.8 Å². The van der Waals surface area contributed by atoms with Gasteiger partial charge in [-0.2, -0.15) is 0 Å². The molecule has 1 heterocycles. The van der Waals surface area contributed by atoms with Crippen LogP contribution in [0.1, 0.15) is 36.0 Å². The van der Waals surface area contributed by atoms with Crippen molar-refractivity contribution in [2.45, 2.75) is 31.7 Å². The van der Waals surface area contributed by atoms with Crippen molar-refractivity contribution in [2.24, 2.45) is 0 Å². The van der Waals surface area contributed by atoms with Crippen LogP contribution in [0.5, 0.6) is 0 Å². The molecule has 1 aromatic carbocycles. The number of hydrogen-bond acceptors (Lipinski definition) is 2. The molecule has 2 rings (SSSR count). The SMILES string of the molecule is O=C1CCCCC(C(=O)c2ccc(Cl)cc2Cl)N1. The average Bonchev–Trinajstić information content (AvgIpc) is 2.53. The van der Waals surface area contributed by atoms with E-state index in [4.69, 9.17) is 23.2 Å². The molecule has 0 spiro atoms. The van der Waals surface area contributed by atoms with Crippen molar-refractivity contribution < 1.29 is 9.59 Å². The Labute approximate surface area is 115 Å². The van der Waals surface area contributed by atoms with E-state index in [9.17, 15) is 9.59 Å². The maximum Gasteiger partial charge on any atom is 0.220 e. The number of rotatable bonds is 2. The zero-order valence-electron chi connectivity index (χ0n) is 9.71. The topological polar surface area (TPSA) is 46.2 Å². The van der Waals surface area contributed by atoms with Gasteiger partial charge in [-0.15, -0.1) is 0 Å². The summed E-state index contributed by atoms with van der Waals surface area (Å²) in [4.78, 5) is 23.7. The Balaban J connectivity index is 2.21. The number of halogens is 2. The Bertz CT molecular complexity index is 488. The third kappa shape index (κ3) is 3.03. The van der Waals surface area contributed by atoms with Crippen LogP contribution in [-0.4, -0.2) is 17.7 Å². The number of carbonyl (C=O) groups excluding carboxylic acids is 2. The second kappa shape index (κ2) is 5.72. The van der Waals surface area contributed by atoms with Gasteiger partial charge < -0.3 is 5.32 Å². The molecule has 0 aromatic heterocycles. The fourth-order valence-electron chi connectivity index (χ4n) is 2.05. The molecule has 1 N–H and O–H groups in total. The predicted molar refractivity (Wildman–Crippen MR) is 71.2 cm³/mol. The summed E-state index contributed by atoms with van der Waals surface area (Å²) in [6.07, 6.45) is 2.83. The van der Waals surface area contributed by atoms with Crippen molar-refractivity contribution in [2.75, 3.05) is 0 Å². The highest BCUT2D eigenvalue weighted by atomic mass is 35.5. The third-order valence-corrected chi connectivity index (χ3v) is 3.54. The molecule has 96 valence electrons. The largest absolute Gasteiger partial charge is 0.346 e. The first-order chi connectivity index (χ1) is 8.58. The highest BCUT2D eigenvalue weighted by Gasteiger charge is 2.25. The Morgan fingerprint density at radius 2 is 2.06 bits per heavy atom. The summed E-state index contributed by atoms with van der Waals surface area (Å²) in [5.41, 5.74) is 0.410. The Hall–Kier alpha value is -1.06. The van der Waals surface area contributed by atoms with Crippen LogP contribution in [0.25, 0.3) is 0 Å². The normalized spacial score (nSPS) is 20.1. The molecule has 0 saturated carbocycles. The molecule has 18 heavy (non-hydrogen) atoms. The van der Waals surface area contributed by atoms with Gasteiger partial charge in [0.15, 0.2) is 5.78 Å². The fraction of sp³-hybridized carbons (Fsp3) is 0.385. The minimum Gasteiger partial charge on any atom is -0.346 e. The Morgan fingerprint density at radius 1 is 1.28 bits per heavy atom. The van der Waals surface area contributed by atoms with Gasteiger partial charge in [0.05, 0.1) is 11.1 Å². The highest BCUT2D eigenvalue weighted by molar-refractivity contribution is 6.37. The highest BCUT2D eigenvalue weighted by Crippen LogP contribution is 2.23. The van der Waals surface area contributed by atoms with Crippen molar-refractivity contribution in [1.29, 1.82) is 0 Å². The Kier molecular flexibility index (Phi) is 4.25. The molecule has 1 saturated heterocycles. The van der Waals surface area contributed by atoms with Crippen LogP contribution >= 0.6 is 23.2 Å². The zero-order valence-corrected chi connectivity index (χ0v) is 11.2. The second-order valence-corrected chi connectivity index (χ2v) is 5.20. The monoisotopic (exact) mass is 285 g/mol. The van der Waals surface area contributed by atoms with Crippen LogP contribution in [0.3, 0.4) is 0 Å². The molecule has 1 atom stereocenters. The molecule has 0 aliphatic carbocycles. The maximum absolute atomic E-state index is 12.3. The number of Topliss-reactive ketones (excluding diaryl/α,β-unsaturated/α-hetero) is 1. The van der Waals surface area contributed by atoms with Crippen LogP contribution < -0.4 is 5.32 Å². The van der Waals surface area contributed by atoms with E-state index < -0.39 is 6.04 Å². The lowest BCUT2D eigenvalue weighted by Crippen LogP contribution is -2.39. The maximum atomic E-state index is 12.3. The van der Waals surface area contributed by atoms with Gasteiger partial charge in [-0.05, 0) is 31.0 Å². The molecule has 1 aliphatic heterocycles. The zero-order chi connectivity index (χ0) is 13.1. The third-order valence-electron chi connectivity index (χ3n) is 2.99. The summed E-state index contributed by atoms with van der Waals surface area (Å²) in [6, 6.07) is 4.29. The molecule has 1 amide bonds. The molecule has 1 aromatic rings. The van der Waals surface area contributed by atoms with Gasteiger partial charge in [0.1, 0.15) is 0 Å². The van der Waals surface area contributed by atoms with Crippen LogP contribution in [0, 0.1) is 0 Å². The van der Waals surface area contributed by atoms with Crippen molar-refractivity contribution in [1.82, 2.24) is 5.32 Å². The molecule has 0 bridgehead atoms. The molecular formula is C13H13Cl2NO2. The van der Waals surface area contributed by atoms with E-state index in [0.717, 1.165) is 12.8 Å². The summed E-state index contributed by atoms with van der Waals surface area (Å²) < 4.78 is 0. The van der Waals surface area contributed by atoms with Gasteiger partial charge in [-0.1, -0.05) is 29.6 Å². The molecule has 1 unspecified atom stereocenters. The number of amides is 1. The molecule has 1 fully saturated rings. The summed E-state index contributed by atoms with van der Waals surface area (Å²) in [6.45, 7) is 0. The number of hydrogen-bond donors (Lipinski definition) is 1. The van der Waals surface area contributed by atoms with Crippen molar-refractivity contribution >= 4 is 34.9 Å². The molecule has 0 radical (unpaired) electrons. The molecule has 5 heteroatoms. The lowest BCUT2D eigenvalue weighted by atomic mass is 10.0. The summed E-state index contributed by atoms with van der Waals surface area (Å²) >= 11 is 11.8. The van der Waals surface area contributed by atoms with Gasteiger partial charge in [-0.25, -0.2) is 0 Å². The predicted octanol–water partition coefficient (Wildman–Crippen LogP) is 3.23. The second-order valence-electron chi connectivity index (χ2n) is 4.35. The first kappa shape index (κ1) is 13.4. The van der Waals surface area contributed by atoms with Crippen molar-refractivity contribution in [3.63, 3.8) is 0 Å². The fourth-order valence-corrected chi connectivity index (χ4v) is 2.55. The van der Waals surface area contributed by atoms with E-state index in [1.54, 1.807) is 12.1 Å². The first-order valence-corrected chi connectivity index (χ1v) is 6.62. The summed E-state index contributed by atoms with van der Waals surface area (Å²) in [5.74, 6) is -0.220. The van der Waals surface area contributed by atoms with Gasteiger partial charge in [0, 0.05) is 17.0 Å². The summed E-state index contributed by atoms with van der Waals surface area (Å²) in [7, 11) is 0. The van der Waals surface area contributed by atoms with Crippen LogP contribution in [0.4, 0.5) is 0 Å².